The highest BCUT2D eigenvalue weighted by atomic mass is 16.1. The normalized spacial score (nSPS) is 20.4. The van der Waals surface area contributed by atoms with Gasteiger partial charge in [-0.05, 0) is 54.9 Å². The minimum atomic E-state index is 0.0820. The van der Waals surface area contributed by atoms with Gasteiger partial charge < -0.3 is 5.32 Å². The molecule has 1 aromatic carbocycles. The van der Waals surface area contributed by atoms with Crippen LogP contribution in [0, 0.1) is 6.92 Å². The van der Waals surface area contributed by atoms with Crippen LogP contribution in [0.1, 0.15) is 36.0 Å². The standard InChI is InChI=1S/C15H17NO/c1-10-3-2-4-11-5-6-12(15(10)11)9-14(17)16-13-7-8-13/h2-4,9,13H,5-8H2,1H3,(H,16,17)/b12-9+. The number of benzene rings is 1. The van der Waals surface area contributed by atoms with Crippen LogP contribution in [-0.4, -0.2) is 11.9 Å². The predicted octanol–water partition coefficient (Wildman–Crippen LogP) is 2.60. The summed E-state index contributed by atoms with van der Waals surface area (Å²) in [5.41, 5.74) is 5.18. The number of carbonyl (C=O) groups excluding carboxylic acids is 1. The number of aryl methyl sites for hydroxylation is 2. The van der Waals surface area contributed by atoms with Crippen LogP contribution >= 0.6 is 0 Å². The Labute approximate surface area is 102 Å². The van der Waals surface area contributed by atoms with Gasteiger partial charge in [0.05, 0.1) is 0 Å². The van der Waals surface area contributed by atoms with Gasteiger partial charge in [-0.1, -0.05) is 18.2 Å². The highest BCUT2D eigenvalue weighted by molar-refractivity contribution is 5.97. The molecule has 0 radical (unpaired) electrons. The van der Waals surface area contributed by atoms with Crippen LogP contribution in [0.15, 0.2) is 24.3 Å². The molecule has 0 aliphatic heterocycles. The van der Waals surface area contributed by atoms with Crippen LogP contribution in [0.3, 0.4) is 0 Å². The number of carbonyl (C=O) groups is 1. The Hall–Kier alpha value is -1.57. The van der Waals surface area contributed by atoms with Crippen molar-refractivity contribution in [2.45, 2.75) is 38.6 Å². The van der Waals surface area contributed by atoms with E-state index in [1.54, 1.807) is 6.08 Å². The molecule has 1 saturated carbocycles. The molecule has 0 saturated heterocycles. The summed E-state index contributed by atoms with van der Waals surface area (Å²) in [7, 11) is 0. The summed E-state index contributed by atoms with van der Waals surface area (Å²) < 4.78 is 0. The maximum atomic E-state index is 11.8. The molecule has 1 amide bonds. The zero-order valence-corrected chi connectivity index (χ0v) is 10.1. The summed E-state index contributed by atoms with van der Waals surface area (Å²) in [6, 6.07) is 6.83. The summed E-state index contributed by atoms with van der Waals surface area (Å²) in [6.45, 7) is 2.12. The number of hydrogen-bond acceptors (Lipinski definition) is 1. The Bertz CT molecular complexity index is 498. The minimum Gasteiger partial charge on any atom is -0.350 e. The van der Waals surface area contributed by atoms with Gasteiger partial charge in [-0.3, -0.25) is 4.79 Å². The number of amides is 1. The second-order valence-electron chi connectivity index (χ2n) is 5.06. The largest absolute Gasteiger partial charge is 0.350 e. The molecule has 2 nitrogen and oxygen atoms in total. The van der Waals surface area contributed by atoms with E-state index >= 15 is 0 Å². The lowest BCUT2D eigenvalue weighted by molar-refractivity contribution is -0.116. The average Bonchev–Trinajstić information content (AvgIpc) is 3.00. The zero-order chi connectivity index (χ0) is 11.8. The molecule has 1 aromatic rings. The van der Waals surface area contributed by atoms with Crippen LogP contribution in [0.2, 0.25) is 0 Å². The predicted molar refractivity (Wildman–Crippen MR) is 68.6 cm³/mol. The molecule has 0 aromatic heterocycles. The molecule has 2 aliphatic carbocycles. The smallest absolute Gasteiger partial charge is 0.244 e. The molecule has 2 aliphatic rings. The first-order valence-corrected chi connectivity index (χ1v) is 6.34. The number of fused-ring (bicyclic) bond motifs is 1. The highest BCUT2D eigenvalue weighted by Gasteiger charge is 2.24. The fourth-order valence-corrected chi connectivity index (χ4v) is 2.56. The highest BCUT2D eigenvalue weighted by Crippen LogP contribution is 2.34. The molecular formula is C15H17NO. The molecule has 88 valence electrons. The number of rotatable bonds is 2. The Kier molecular flexibility index (Phi) is 2.50. The first-order valence-electron chi connectivity index (χ1n) is 6.34. The minimum absolute atomic E-state index is 0.0820. The second-order valence-corrected chi connectivity index (χ2v) is 5.06. The van der Waals surface area contributed by atoms with Gasteiger partial charge >= 0.3 is 0 Å². The monoisotopic (exact) mass is 227 g/mol. The van der Waals surface area contributed by atoms with Crippen LogP contribution < -0.4 is 5.32 Å². The van der Waals surface area contributed by atoms with E-state index in [4.69, 9.17) is 0 Å². The number of nitrogens with one attached hydrogen (secondary N) is 1. The molecule has 3 rings (SSSR count). The van der Waals surface area contributed by atoms with Crippen LogP contribution in [0.4, 0.5) is 0 Å². The molecule has 1 fully saturated rings. The van der Waals surface area contributed by atoms with Crippen molar-refractivity contribution in [1.29, 1.82) is 0 Å². The topological polar surface area (TPSA) is 29.1 Å². The van der Waals surface area contributed by atoms with Gasteiger partial charge in [0.2, 0.25) is 5.91 Å². The van der Waals surface area contributed by atoms with E-state index in [2.05, 4.69) is 30.4 Å². The molecule has 0 bridgehead atoms. The van der Waals surface area contributed by atoms with E-state index in [0.29, 0.717) is 6.04 Å². The fourth-order valence-electron chi connectivity index (χ4n) is 2.56. The molecule has 0 atom stereocenters. The molecule has 0 unspecified atom stereocenters. The van der Waals surface area contributed by atoms with Crippen LogP contribution in [0.5, 0.6) is 0 Å². The maximum Gasteiger partial charge on any atom is 0.244 e. The Morgan fingerprint density at radius 1 is 1.35 bits per heavy atom. The first kappa shape index (κ1) is 10.6. The quantitative estimate of drug-likeness (QED) is 0.773. The molecule has 17 heavy (non-hydrogen) atoms. The van der Waals surface area contributed by atoms with Crippen molar-refractivity contribution in [2.75, 3.05) is 0 Å². The maximum absolute atomic E-state index is 11.8. The molecule has 0 heterocycles. The van der Waals surface area contributed by atoms with E-state index in [0.717, 1.165) is 25.7 Å². The van der Waals surface area contributed by atoms with Crippen LogP contribution in [-0.2, 0) is 11.2 Å². The summed E-state index contributed by atoms with van der Waals surface area (Å²) >= 11 is 0. The third-order valence-electron chi connectivity index (χ3n) is 3.57. The molecule has 0 spiro atoms. The van der Waals surface area contributed by atoms with Crippen molar-refractivity contribution >= 4 is 11.5 Å². The molecule has 1 N–H and O–H groups in total. The lowest BCUT2D eigenvalue weighted by Crippen LogP contribution is -2.23. The van der Waals surface area contributed by atoms with Crippen molar-refractivity contribution in [3.05, 3.63) is 41.0 Å². The van der Waals surface area contributed by atoms with E-state index in [9.17, 15) is 4.79 Å². The van der Waals surface area contributed by atoms with E-state index < -0.39 is 0 Å². The Morgan fingerprint density at radius 2 is 2.18 bits per heavy atom. The third kappa shape index (κ3) is 2.12. The van der Waals surface area contributed by atoms with Crippen molar-refractivity contribution in [1.82, 2.24) is 5.32 Å². The van der Waals surface area contributed by atoms with E-state index in [-0.39, 0.29) is 5.91 Å². The average molecular weight is 227 g/mol. The van der Waals surface area contributed by atoms with Gasteiger partial charge in [0, 0.05) is 12.1 Å². The van der Waals surface area contributed by atoms with Gasteiger partial charge in [-0.25, -0.2) is 0 Å². The molecular weight excluding hydrogens is 210 g/mol. The van der Waals surface area contributed by atoms with Gasteiger partial charge in [0.25, 0.3) is 0 Å². The zero-order valence-electron chi connectivity index (χ0n) is 10.1. The summed E-state index contributed by atoms with van der Waals surface area (Å²) in [5.74, 6) is 0.0820. The van der Waals surface area contributed by atoms with E-state index in [1.807, 2.05) is 0 Å². The first-order chi connectivity index (χ1) is 8.24. The van der Waals surface area contributed by atoms with Gasteiger partial charge in [-0.2, -0.15) is 0 Å². The van der Waals surface area contributed by atoms with Crippen molar-refractivity contribution in [3.63, 3.8) is 0 Å². The van der Waals surface area contributed by atoms with Gasteiger partial charge in [-0.15, -0.1) is 0 Å². The van der Waals surface area contributed by atoms with Crippen molar-refractivity contribution < 1.29 is 4.79 Å². The van der Waals surface area contributed by atoms with Crippen molar-refractivity contribution in [2.24, 2.45) is 0 Å². The summed E-state index contributed by atoms with van der Waals surface area (Å²) in [6.07, 6.45) is 6.16. The van der Waals surface area contributed by atoms with Gasteiger partial charge in [0.15, 0.2) is 0 Å². The Morgan fingerprint density at radius 3 is 2.94 bits per heavy atom. The number of hydrogen-bond donors (Lipinski definition) is 1. The lowest BCUT2D eigenvalue weighted by Gasteiger charge is -2.05. The van der Waals surface area contributed by atoms with Crippen molar-refractivity contribution in [3.8, 4) is 0 Å². The van der Waals surface area contributed by atoms with E-state index in [1.165, 1.54) is 22.3 Å². The second kappa shape index (κ2) is 4.02. The van der Waals surface area contributed by atoms with Gasteiger partial charge in [0.1, 0.15) is 0 Å². The Balaban J connectivity index is 1.86. The summed E-state index contributed by atoms with van der Waals surface area (Å²) in [5, 5.41) is 3.02. The SMILES string of the molecule is Cc1cccc2c1/C(=C/C(=O)NC1CC1)CC2. The lowest BCUT2D eigenvalue weighted by atomic mass is 10.0. The number of allylic oxidation sites excluding steroid dienone is 1. The fraction of sp³-hybridized carbons (Fsp3) is 0.400. The third-order valence-corrected chi connectivity index (χ3v) is 3.57. The van der Waals surface area contributed by atoms with Crippen LogP contribution in [0.25, 0.3) is 5.57 Å². The summed E-state index contributed by atoms with van der Waals surface area (Å²) in [4.78, 5) is 11.8. The molecule has 2 heteroatoms.